The van der Waals surface area contributed by atoms with Crippen LogP contribution < -0.4 is 5.32 Å². The minimum absolute atomic E-state index is 0.223. The van der Waals surface area contributed by atoms with Crippen molar-refractivity contribution in [1.29, 1.82) is 0 Å². The van der Waals surface area contributed by atoms with E-state index >= 15 is 0 Å². The van der Waals surface area contributed by atoms with Crippen molar-refractivity contribution in [3.63, 3.8) is 0 Å². The number of rotatable bonds is 5. The lowest BCUT2D eigenvalue weighted by Crippen LogP contribution is -2.43. The molecule has 0 aromatic heterocycles. The minimum atomic E-state index is -0.523. The van der Waals surface area contributed by atoms with Crippen molar-refractivity contribution in [2.45, 2.75) is 16.4 Å². The average Bonchev–Trinajstić information content (AvgIpc) is 2.61. The smallest absolute Gasteiger partial charge is 0.215 e. The summed E-state index contributed by atoms with van der Waals surface area (Å²) in [6, 6.07) is 21.2. The van der Waals surface area contributed by atoms with E-state index in [1.807, 2.05) is 18.2 Å². The summed E-state index contributed by atoms with van der Waals surface area (Å²) in [5.74, 6) is 0.825. The predicted octanol–water partition coefficient (Wildman–Crippen LogP) is 5.14. The highest BCUT2D eigenvalue weighted by Crippen LogP contribution is 2.39. The quantitative estimate of drug-likeness (QED) is 0.437. The van der Waals surface area contributed by atoms with Crippen LogP contribution in [0, 0.1) is 0 Å². The molecule has 2 atom stereocenters. The second-order valence-corrected chi connectivity index (χ2v) is 8.28. The summed E-state index contributed by atoms with van der Waals surface area (Å²) >= 11 is 5.49. The highest BCUT2D eigenvalue weighted by Gasteiger charge is 2.35. The SMILES string of the molecule is C=CCS[C@@]1(Br)N=C(c2ccccc2)C[C@@H](c2ccccc2)N1. The van der Waals surface area contributed by atoms with Gasteiger partial charge in [0.05, 0.1) is 0 Å². The van der Waals surface area contributed by atoms with Gasteiger partial charge in [0.25, 0.3) is 0 Å². The van der Waals surface area contributed by atoms with Gasteiger partial charge in [-0.3, -0.25) is 5.32 Å². The number of hydrogen-bond donors (Lipinski definition) is 1. The second-order valence-electron chi connectivity index (χ2n) is 5.40. The van der Waals surface area contributed by atoms with Gasteiger partial charge in [0.1, 0.15) is 0 Å². The Kier molecular flexibility index (Phi) is 5.36. The van der Waals surface area contributed by atoms with Crippen LogP contribution in [0.5, 0.6) is 0 Å². The Labute approximate surface area is 150 Å². The van der Waals surface area contributed by atoms with Gasteiger partial charge >= 0.3 is 0 Å². The van der Waals surface area contributed by atoms with Crippen LogP contribution in [0.2, 0.25) is 0 Å². The molecular weight excluding hydrogens is 368 g/mol. The van der Waals surface area contributed by atoms with Gasteiger partial charge in [0, 0.05) is 23.9 Å². The summed E-state index contributed by atoms with van der Waals surface area (Å²) in [6.07, 6.45) is 2.77. The standard InChI is InChI=1S/C19H19BrN2S/c1-2-13-23-19(20)21-17(15-9-5-3-6-10-15)14-18(22-19)16-11-7-4-8-12-16/h2-12,17,21H,1,13-14H2/t17-,19+/m0/s1. The molecule has 1 heterocycles. The molecule has 2 aromatic rings. The molecular formula is C19H19BrN2S. The van der Waals surface area contributed by atoms with E-state index in [1.165, 1.54) is 11.1 Å². The molecule has 0 unspecified atom stereocenters. The lowest BCUT2D eigenvalue weighted by molar-refractivity contribution is 0.496. The molecule has 0 saturated heterocycles. The predicted molar refractivity (Wildman–Crippen MR) is 104 cm³/mol. The van der Waals surface area contributed by atoms with E-state index in [1.54, 1.807) is 11.8 Å². The van der Waals surface area contributed by atoms with E-state index in [4.69, 9.17) is 4.99 Å². The maximum Gasteiger partial charge on any atom is 0.215 e. The summed E-state index contributed by atoms with van der Waals surface area (Å²) in [6.45, 7) is 3.81. The van der Waals surface area contributed by atoms with Crippen LogP contribution in [0.1, 0.15) is 23.6 Å². The third kappa shape index (κ3) is 4.14. The van der Waals surface area contributed by atoms with Gasteiger partial charge in [-0.2, -0.15) is 0 Å². The van der Waals surface area contributed by atoms with Crippen molar-refractivity contribution in [3.8, 4) is 0 Å². The van der Waals surface area contributed by atoms with E-state index < -0.39 is 3.90 Å². The zero-order valence-corrected chi connectivity index (χ0v) is 15.2. The van der Waals surface area contributed by atoms with Crippen molar-refractivity contribution in [2.75, 3.05) is 5.75 Å². The molecule has 118 valence electrons. The number of nitrogens with one attached hydrogen (secondary N) is 1. The molecule has 0 fully saturated rings. The maximum absolute atomic E-state index is 4.93. The van der Waals surface area contributed by atoms with Gasteiger partial charge in [-0.25, -0.2) is 4.99 Å². The molecule has 1 aliphatic rings. The molecule has 0 spiro atoms. The lowest BCUT2D eigenvalue weighted by Gasteiger charge is -2.35. The van der Waals surface area contributed by atoms with Crippen LogP contribution in [-0.4, -0.2) is 15.4 Å². The Bertz CT molecular complexity index is 687. The van der Waals surface area contributed by atoms with Crippen LogP contribution in [0.4, 0.5) is 0 Å². The Balaban J connectivity index is 1.95. The first kappa shape index (κ1) is 16.5. The van der Waals surface area contributed by atoms with Crippen LogP contribution in [0.3, 0.4) is 0 Å². The number of aliphatic imine (C=N–C) groups is 1. The first-order valence-electron chi connectivity index (χ1n) is 7.61. The molecule has 0 amide bonds. The van der Waals surface area contributed by atoms with Crippen LogP contribution >= 0.6 is 27.7 Å². The summed E-state index contributed by atoms with van der Waals surface area (Å²) in [5.41, 5.74) is 3.57. The van der Waals surface area contributed by atoms with Crippen molar-refractivity contribution >= 4 is 33.4 Å². The molecule has 0 radical (unpaired) electrons. The fraction of sp³-hybridized carbons (Fsp3) is 0.211. The molecule has 1 N–H and O–H groups in total. The Hall–Kier alpha value is -1.36. The van der Waals surface area contributed by atoms with Crippen molar-refractivity contribution < 1.29 is 0 Å². The normalized spacial score (nSPS) is 24.0. The van der Waals surface area contributed by atoms with Gasteiger partial charge < -0.3 is 0 Å². The first-order chi connectivity index (χ1) is 11.2. The van der Waals surface area contributed by atoms with Crippen molar-refractivity contribution in [1.82, 2.24) is 5.32 Å². The average molecular weight is 387 g/mol. The van der Waals surface area contributed by atoms with Gasteiger partial charge in [0.15, 0.2) is 0 Å². The highest BCUT2D eigenvalue weighted by molar-refractivity contribution is 9.11. The zero-order chi connectivity index (χ0) is 16.1. The second kappa shape index (κ2) is 7.47. The number of benzene rings is 2. The maximum atomic E-state index is 4.93. The Morgan fingerprint density at radius 3 is 2.48 bits per heavy atom. The Morgan fingerprint density at radius 1 is 1.17 bits per heavy atom. The molecule has 2 nitrogen and oxygen atoms in total. The minimum Gasteiger partial charge on any atom is -0.268 e. The number of halogens is 1. The van der Waals surface area contributed by atoms with Gasteiger partial charge in [-0.05, 0) is 27.1 Å². The fourth-order valence-corrected chi connectivity index (χ4v) is 4.28. The molecule has 0 bridgehead atoms. The molecule has 1 aliphatic heterocycles. The number of nitrogens with zero attached hydrogens (tertiary/aromatic N) is 1. The van der Waals surface area contributed by atoms with Gasteiger partial charge in [-0.15, -0.1) is 18.3 Å². The van der Waals surface area contributed by atoms with E-state index in [2.05, 4.69) is 76.4 Å². The summed E-state index contributed by atoms with van der Waals surface area (Å²) in [4.78, 5) is 4.93. The summed E-state index contributed by atoms with van der Waals surface area (Å²) in [5, 5.41) is 3.63. The number of alkyl halides is 1. The van der Waals surface area contributed by atoms with E-state index in [0.717, 1.165) is 17.9 Å². The molecule has 0 saturated carbocycles. The number of thioether (sulfide) groups is 1. The fourth-order valence-electron chi connectivity index (χ4n) is 2.65. The van der Waals surface area contributed by atoms with Crippen molar-refractivity contribution in [2.24, 2.45) is 4.99 Å². The highest BCUT2D eigenvalue weighted by atomic mass is 79.9. The van der Waals surface area contributed by atoms with Crippen molar-refractivity contribution in [3.05, 3.63) is 84.4 Å². The Morgan fingerprint density at radius 2 is 1.83 bits per heavy atom. The summed E-state index contributed by atoms with van der Waals surface area (Å²) < 4.78 is -0.523. The van der Waals surface area contributed by atoms with Crippen LogP contribution in [0.25, 0.3) is 0 Å². The molecule has 4 heteroatoms. The van der Waals surface area contributed by atoms with Crippen LogP contribution in [0.15, 0.2) is 78.3 Å². The molecule has 0 aliphatic carbocycles. The monoisotopic (exact) mass is 386 g/mol. The largest absolute Gasteiger partial charge is 0.268 e. The van der Waals surface area contributed by atoms with E-state index in [-0.39, 0.29) is 6.04 Å². The first-order valence-corrected chi connectivity index (χ1v) is 9.38. The summed E-state index contributed by atoms with van der Waals surface area (Å²) in [7, 11) is 0. The third-order valence-corrected chi connectivity index (χ3v) is 5.82. The zero-order valence-electron chi connectivity index (χ0n) is 12.8. The van der Waals surface area contributed by atoms with Crippen LogP contribution in [-0.2, 0) is 0 Å². The lowest BCUT2D eigenvalue weighted by atomic mass is 9.96. The number of hydrogen-bond acceptors (Lipinski definition) is 3. The van der Waals surface area contributed by atoms with E-state index in [9.17, 15) is 0 Å². The molecule has 3 rings (SSSR count). The molecule has 2 aromatic carbocycles. The third-order valence-electron chi connectivity index (χ3n) is 3.73. The van der Waals surface area contributed by atoms with Gasteiger partial charge in [0.2, 0.25) is 3.90 Å². The molecule has 23 heavy (non-hydrogen) atoms. The van der Waals surface area contributed by atoms with E-state index in [0.29, 0.717) is 0 Å². The topological polar surface area (TPSA) is 24.4 Å². The van der Waals surface area contributed by atoms with Gasteiger partial charge in [-0.1, -0.05) is 66.7 Å².